The Morgan fingerprint density at radius 3 is 3.00 bits per heavy atom. The third kappa shape index (κ3) is 1.95. The Morgan fingerprint density at radius 2 is 2.05 bits per heavy atom. The molecule has 1 aromatic carbocycles. The second kappa shape index (κ2) is 4.49. The lowest BCUT2D eigenvalue weighted by Crippen LogP contribution is -2.24. The Bertz CT molecular complexity index is 880. The van der Waals surface area contributed by atoms with E-state index in [0.29, 0.717) is 11.6 Å². The van der Waals surface area contributed by atoms with Crippen molar-refractivity contribution >= 4 is 28.7 Å². The van der Waals surface area contributed by atoms with Crippen LogP contribution in [0.1, 0.15) is 5.56 Å². The summed E-state index contributed by atoms with van der Waals surface area (Å²) in [5, 5.41) is 3.76. The molecule has 0 unspecified atom stereocenters. The number of ether oxygens (including phenoxy) is 1. The number of anilines is 1. The van der Waals surface area contributed by atoms with Crippen molar-refractivity contribution in [1.29, 1.82) is 0 Å². The molecule has 1 aliphatic heterocycles. The molecule has 1 amide bonds. The summed E-state index contributed by atoms with van der Waals surface area (Å²) in [5.74, 6) is 0.938. The van der Waals surface area contributed by atoms with Crippen LogP contribution in [0.5, 0.6) is 5.75 Å². The molecule has 0 aliphatic carbocycles. The molecule has 0 spiro atoms. The fourth-order valence-electron chi connectivity index (χ4n) is 2.35. The minimum atomic E-state index is -0.300. The summed E-state index contributed by atoms with van der Waals surface area (Å²) < 4.78 is 5.64. The number of aromatic nitrogens is 2. The van der Waals surface area contributed by atoms with Gasteiger partial charge in [-0.15, -0.1) is 0 Å². The number of rotatable bonds is 1. The second-order valence-electron chi connectivity index (χ2n) is 4.70. The molecular formula is C16H11N3O2. The van der Waals surface area contributed by atoms with Gasteiger partial charge in [0.15, 0.2) is 17.3 Å². The van der Waals surface area contributed by atoms with E-state index in [-0.39, 0.29) is 11.7 Å². The molecule has 3 heterocycles. The molecule has 5 heteroatoms. The van der Waals surface area contributed by atoms with Gasteiger partial charge in [0.1, 0.15) is 0 Å². The zero-order chi connectivity index (χ0) is 14.2. The van der Waals surface area contributed by atoms with Gasteiger partial charge in [-0.3, -0.25) is 4.79 Å². The second-order valence-corrected chi connectivity index (χ2v) is 4.70. The van der Waals surface area contributed by atoms with Crippen molar-refractivity contribution < 1.29 is 9.53 Å². The van der Waals surface area contributed by atoms with Gasteiger partial charge in [-0.05, 0) is 24.3 Å². The molecule has 0 radical (unpaired) electrons. The molecule has 3 aromatic rings. The van der Waals surface area contributed by atoms with Gasteiger partial charge in [0.2, 0.25) is 0 Å². The fraction of sp³-hybridized carbons (Fsp3) is 0. The van der Waals surface area contributed by atoms with Crippen molar-refractivity contribution in [1.82, 2.24) is 9.97 Å². The largest absolute Gasteiger partial charge is 0.448 e. The lowest BCUT2D eigenvalue weighted by atomic mass is 10.1. The number of aromatic amines is 1. The maximum atomic E-state index is 12.1. The number of benzene rings is 1. The van der Waals surface area contributed by atoms with Crippen LogP contribution in [0.2, 0.25) is 0 Å². The number of para-hydroxylation sites is 1. The minimum Gasteiger partial charge on any atom is -0.448 e. The first-order valence-corrected chi connectivity index (χ1v) is 6.53. The highest BCUT2D eigenvalue weighted by Crippen LogP contribution is 2.29. The standard InChI is InChI=1S/C16H11N3O2/c20-16-14(21-13-6-3-7-17-15(13)19-16)8-10-9-18-12-5-2-1-4-11(10)12/h1-9,18H,(H,17,19,20). The van der Waals surface area contributed by atoms with Crippen molar-refractivity contribution in [3.8, 4) is 5.75 Å². The van der Waals surface area contributed by atoms with Gasteiger partial charge in [0.05, 0.1) is 0 Å². The van der Waals surface area contributed by atoms with E-state index < -0.39 is 0 Å². The van der Waals surface area contributed by atoms with E-state index in [2.05, 4.69) is 15.3 Å². The van der Waals surface area contributed by atoms with Crippen LogP contribution in [-0.2, 0) is 4.79 Å². The van der Waals surface area contributed by atoms with Gasteiger partial charge in [0.25, 0.3) is 5.91 Å². The number of carbonyl (C=O) groups excluding carboxylic acids is 1. The fourth-order valence-corrected chi connectivity index (χ4v) is 2.35. The summed E-state index contributed by atoms with van der Waals surface area (Å²) in [7, 11) is 0. The number of fused-ring (bicyclic) bond motifs is 2. The molecular weight excluding hydrogens is 266 g/mol. The number of amides is 1. The Labute approximate surface area is 120 Å². The highest BCUT2D eigenvalue weighted by atomic mass is 16.5. The smallest absolute Gasteiger partial charge is 0.292 e. The first kappa shape index (κ1) is 11.7. The molecule has 0 bridgehead atoms. The highest BCUT2D eigenvalue weighted by molar-refractivity contribution is 6.08. The van der Waals surface area contributed by atoms with Crippen LogP contribution in [0.4, 0.5) is 5.82 Å². The maximum absolute atomic E-state index is 12.1. The summed E-state index contributed by atoms with van der Waals surface area (Å²) in [4.78, 5) is 19.3. The van der Waals surface area contributed by atoms with Gasteiger partial charge in [0, 0.05) is 28.9 Å². The summed E-state index contributed by atoms with van der Waals surface area (Å²) in [5.41, 5.74) is 1.92. The number of nitrogens with zero attached hydrogens (tertiary/aromatic N) is 1. The van der Waals surface area contributed by atoms with Crippen molar-refractivity contribution in [3.63, 3.8) is 0 Å². The van der Waals surface area contributed by atoms with Crippen LogP contribution in [0, 0.1) is 0 Å². The van der Waals surface area contributed by atoms with Crippen molar-refractivity contribution in [2.24, 2.45) is 0 Å². The van der Waals surface area contributed by atoms with E-state index in [1.54, 1.807) is 24.4 Å². The SMILES string of the molecule is O=C1Nc2ncccc2OC1=Cc1c[nH]c2ccccc12. The average molecular weight is 277 g/mol. The summed E-state index contributed by atoms with van der Waals surface area (Å²) in [6, 6.07) is 11.4. The Hall–Kier alpha value is -3.08. The lowest BCUT2D eigenvalue weighted by molar-refractivity contribution is -0.115. The normalized spacial score (nSPS) is 15.6. The predicted molar refractivity (Wildman–Crippen MR) is 79.8 cm³/mol. The number of carbonyl (C=O) groups is 1. The zero-order valence-electron chi connectivity index (χ0n) is 11.0. The number of H-pyrrole nitrogens is 1. The summed E-state index contributed by atoms with van der Waals surface area (Å²) >= 11 is 0. The molecule has 21 heavy (non-hydrogen) atoms. The van der Waals surface area contributed by atoms with Crippen LogP contribution >= 0.6 is 0 Å². The molecule has 0 fully saturated rings. The number of pyridine rings is 1. The van der Waals surface area contributed by atoms with Crippen LogP contribution < -0.4 is 10.1 Å². The van der Waals surface area contributed by atoms with Crippen molar-refractivity contribution in [2.45, 2.75) is 0 Å². The van der Waals surface area contributed by atoms with Crippen molar-refractivity contribution in [2.75, 3.05) is 5.32 Å². The molecule has 0 saturated carbocycles. The number of hydrogen-bond donors (Lipinski definition) is 2. The van der Waals surface area contributed by atoms with E-state index in [1.165, 1.54) is 0 Å². The van der Waals surface area contributed by atoms with Crippen LogP contribution in [0.15, 0.2) is 54.6 Å². The Morgan fingerprint density at radius 1 is 1.14 bits per heavy atom. The minimum absolute atomic E-state index is 0.250. The Kier molecular flexibility index (Phi) is 2.50. The molecule has 102 valence electrons. The number of nitrogens with one attached hydrogen (secondary N) is 2. The zero-order valence-corrected chi connectivity index (χ0v) is 11.0. The molecule has 5 nitrogen and oxygen atoms in total. The molecule has 2 aromatic heterocycles. The van der Waals surface area contributed by atoms with E-state index in [4.69, 9.17) is 4.74 Å². The van der Waals surface area contributed by atoms with Crippen LogP contribution in [-0.4, -0.2) is 15.9 Å². The van der Waals surface area contributed by atoms with Gasteiger partial charge in [-0.25, -0.2) is 4.98 Å². The average Bonchev–Trinajstić information content (AvgIpc) is 2.91. The van der Waals surface area contributed by atoms with Gasteiger partial charge in [-0.2, -0.15) is 0 Å². The molecule has 0 saturated heterocycles. The van der Waals surface area contributed by atoms with Crippen LogP contribution in [0.3, 0.4) is 0 Å². The molecule has 1 aliphatic rings. The van der Waals surface area contributed by atoms with Crippen molar-refractivity contribution in [3.05, 3.63) is 60.1 Å². The summed E-state index contributed by atoms with van der Waals surface area (Å²) in [6.45, 7) is 0. The number of hydrogen-bond acceptors (Lipinski definition) is 3. The Balaban J connectivity index is 1.78. The molecule has 4 rings (SSSR count). The predicted octanol–water partition coefficient (Wildman–Crippen LogP) is 2.93. The van der Waals surface area contributed by atoms with E-state index in [1.807, 2.05) is 30.5 Å². The van der Waals surface area contributed by atoms with E-state index in [0.717, 1.165) is 16.5 Å². The summed E-state index contributed by atoms with van der Waals surface area (Å²) in [6.07, 6.45) is 5.19. The first-order chi connectivity index (χ1) is 10.3. The molecule has 0 atom stereocenters. The third-order valence-corrected chi connectivity index (χ3v) is 3.35. The van der Waals surface area contributed by atoms with Gasteiger partial charge < -0.3 is 15.0 Å². The van der Waals surface area contributed by atoms with E-state index >= 15 is 0 Å². The monoisotopic (exact) mass is 277 g/mol. The maximum Gasteiger partial charge on any atom is 0.292 e. The lowest BCUT2D eigenvalue weighted by Gasteiger charge is -2.18. The quantitative estimate of drug-likeness (QED) is 0.672. The van der Waals surface area contributed by atoms with E-state index in [9.17, 15) is 4.79 Å². The third-order valence-electron chi connectivity index (χ3n) is 3.35. The van der Waals surface area contributed by atoms with Crippen LogP contribution in [0.25, 0.3) is 17.0 Å². The topological polar surface area (TPSA) is 67.0 Å². The highest BCUT2D eigenvalue weighted by Gasteiger charge is 2.22. The molecule has 2 N–H and O–H groups in total. The van der Waals surface area contributed by atoms with Gasteiger partial charge >= 0.3 is 0 Å². The van der Waals surface area contributed by atoms with Gasteiger partial charge in [-0.1, -0.05) is 18.2 Å². The first-order valence-electron chi connectivity index (χ1n) is 6.53.